The van der Waals surface area contributed by atoms with Crippen molar-refractivity contribution >= 4 is 0 Å². The number of alkyl halides is 12. The minimum atomic E-state index is -4.50. The second kappa shape index (κ2) is 20.9. The first-order chi connectivity index (χ1) is 23.9. The van der Waals surface area contributed by atoms with Gasteiger partial charge < -0.3 is 0 Å². The van der Waals surface area contributed by atoms with Gasteiger partial charge in [-0.2, -0.15) is 52.7 Å². The largest absolute Gasteiger partial charge is 0.392 e. The zero-order valence-electron chi connectivity index (χ0n) is 35.5. The molecule has 4 fully saturated rings. The summed E-state index contributed by atoms with van der Waals surface area (Å²) in [6, 6.07) is 0. The Labute approximate surface area is 310 Å². The first kappa shape index (κ1) is 47.3. The summed E-state index contributed by atoms with van der Waals surface area (Å²) in [5.41, 5.74) is -0.229. The molecule has 0 radical (unpaired) electrons. The number of halogens is 12. The van der Waals surface area contributed by atoms with Crippen LogP contribution in [0.3, 0.4) is 0 Å². The van der Waals surface area contributed by atoms with Crippen LogP contribution in [-0.4, -0.2) is 24.7 Å². The number of hydrogen-bond acceptors (Lipinski definition) is 0. The smallest absolute Gasteiger partial charge is 0.171 e. The molecule has 52 heavy (non-hydrogen) atoms. The monoisotopic (exact) mass is 781 g/mol. The Bertz CT molecular complexity index is 994. The predicted octanol–water partition coefficient (Wildman–Crippen LogP) is 16.1. The lowest BCUT2D eigenvalue weighted by atomic mass is 9.73. The molecule has 0 aliphatic heterocycles. The van der Waals surface area contributed by atoms with E-state index < -0.39 is 67.1 Å². The fraction of sp³-hybridized carbons (Fsp3) is 1.00. The summed E-state index contributed by atoms with van der Waals surface area (Å²) in [7, 11) is 0. The van der Waals surface area contributed by atoms with Crippen LogP contribution in [0.2, 0.25) is 0 Å². The molecule has 0 saturated heterocycles. The van der Waals surface area contributed by atoms with Crippen LogP contribution in [0.4, 0.5) is 52.7 Å². The Hall–Kier alpha value is -0.840. The van der Waals surface area contributed by atoms with Crippen molar-refractivity contribution in [2.45, 2.75) is 178 Å². The molecule has 0 amide bonds. The van der Waals surface area contributed by atoms with Crippen LogP contribution < -0.4 is 0 Å². The van der Waals surface area contributed by atoms with E-state index in [4.69, 9.17) is 2.74 Å². The molecular formula is C40H70F12. The molecule has 4 aliphatic rings. The highest BCUT2D eigenvalue weighted by Crippen LogP contribution is 2.48. The van der Waals surface area contributed by atoms with E-state index in [-0.39, 0.29) is 41.9 Å². The summed E-state index contributed by atoms with van der Waals surface area (Å²) in [6.45, 7) is 23.1. The van der Waals surface area contributed by atoms with Crippen LogP contribution in [-0.2, 0) is 0 Å². The van der Waals surface area contributed by atoms with Gasteiger partial charge in [0.2, 0.25) is 0 Å². The van der Waals surface area contributed by atoms with Crippen molar-refractivity contribution in [2.75, 3.05) is 0 Å². The van der Waals surface area contributed by atoms with Crippen molar-refractivity contribution < 1.29 is 55.4 Å². The second-order valence-corrected chi connectivity index (χ2v) is 17.8. The van der Waals surface area contributed by atoms with Crippen LogP contribution in [0.25, 0.3) is 0 Å². The van der Waals surface area contributed by atoms with Crippen molar-refractivity contribution in [3.8, 4) is 0 Å². The summed E-state index contributed by atoms with van der Waals surface area (Å²) in [5.74, 6) is -3.15. The molecular weight excluding hydrogens is 708 g/mol. The predicted molar refractivity (Wildman–Crippen MR) is 187 cm³/mol. The van der Waals surface area contributed by atoms with E-state index in [0.29, 0.717) is 12.8 Å². The molecule has 0 aromatic rings. The first-order valence-electron chi connectivity index (χ1n) is 20.2. The molecule has 0 heterocycles. The molecule has 8 unspecified atom stereocenters. The van der Waals surface area contributed by atoms with Crippen molar-refractivity contribution in [3.05, 3.63) is 0 Å². The third kappa shape index (κ3) is 19.2. The molecule has 10 atom stereocenters. The van der Waals surface area contributed by atoms with E-state index in [9.17, 15) is 52.7 Å². The van der Waals surface area contributed by atoms with E-state index in [0.717, 1.165) is 37.0 Å². The lowest BCUT2D eigenvalue weighted by Crippen LogP contribution is -2.37. The maximum atomic E-state index is 12.4. The average Bonchev–Trinajstić information content (AvgIpc) is 3.47. The Kier molecular flexibility index (Phi) is 19.0. The molecule has 0 spiro atoms. The van der Waals surface area contributed by atoms with Crippen LogP contribution in [0, 0.1) is 76.4 Å². The molecule has 0 nitrogen and oxygen atoms in total. The zero-order chi connectivity index (χ0) is 43.0. The summed E-state index contributed by atoms with van der Waals surface area (Å²) < 4.78 is 162. The highest BCUT2D eigenvalue weighted by atomic mass is 19.4. The van der Waals surface area contributed by atoms with Gasteiger partial charge >= 0.3 is 24.7 Å². The van der Waals surface area contributed by atoms with Crippen molar-refractivity contribution in [1.29, 1.82) is 0 Å². The minimum Gasteiger partial charge on any atom is -0.171 e. The van der Waals surface area contributed by atoms with E-state index in [2.05, 4.69) is 20.8 Å². The van der Waals surface area contributed by atoms with Gasteiger partial charge in [-0.25, -0.2) is 0 Å². The molecule has 0 bridgehead atoms. The molecule has 0 N–H and O–H groups in total. The topological polar surface area (TPSA) is 0 Å². The van der Waals surface area contributed by atoms with E-state index in [1.807, 2.05) is 34.6 Å². The molecule has 4 rings (SSSR count). The van der Waals surface area contributed by atoms with Crippen molar-refractivity contribution in [3.63, 3.8) is 0 Å². The van der Waals surface area contributed by atoms with Gasteiger partial charge in [-0.05, 0) is 91.3 Å². The van der Waals surface area contributed by atoms with Crippen LogP contribution in [0.5, 0.6) is 0 Å². The van der Waals surface area contributed by atoms with E-state index in [1.54, 1.807) is 20.8 Å². The highest BCUT2D eigenvalue weighted by Gasteiger charge is 2.51. The third-order valence-electron chi connectivity index (χ3n) is 12.2. The second-order valence-electron chi connectivity index (χ2n) is 17.8. The van der Waals surface area contributed by atoms with Gasteiger partial charge in [0.25, 0.3) is 0 Å². The lowest BCUT2D eigenvalue weighted by Gasteiger charge is -2.35. The van der Waals surface area contributed by atoms with E-state index >= 15 is 0 Å². The summed E-state index contributed by atoms with van der Waals surface area (Å²) in [4.78, 5) is 0. The van der Waals surface area contributed by atoms with E-state index in [1.165, 1.54) is 19.8 Å². The Morgan fingerprint density at radius 2 is 0.808 bits per heavy atom. The van der Waals surface area contributed by atoms with Crippen molar-refractivity contribution in [1.82, 2.24) is 0 Å². The zero-order valence-corrected chi connectivity index (χ0v) is 33.5. The quantitative estimate of drug-likeness (QED) is 0.215. The van der Waals surface area contributed by atoms with Gasteiger partial charge in [-0.3, -0.25) is 0 Å². The summed E-state index contributed by atoms with van der Waals surface area (Å²) in [5, 5.41) is 0. The maximum absolute atomic E-state index is 12.4. The van der Waals surface area contributed by atoms with Gasteiger partial charge in [0, 0.05) is 2.74 Å². The maximum Gasteiger partial charge on any atom is 0.392 e. The molecule has 314 valence electrons. The lowest BCUT2D eigenvalue weighted by molar-refractivity contribution is -0.227. The summed E-state index contributed by atoms with van der Waals surface area (Å²) in [6.07, 6.45) is -13.2. The molecule has 4 aliphatic carbocycles. The van der Waals surface area contributed by atoms with Crippen molar-refractivity contribution in [2.24, 2.45) is 76.4 Å². The Balaban J connectivity index is 0.000000664. The highest BCUT2D eigenvalue weighted by molar-refractivity contribution is 4.85. The Morgan fingerprint density at radius 1 is 0.442 bits per heavy atom. The van der Waals surface area contributed by atoms with Gasteiger partial charge in [-0.15, -0.1) is 0 Å². The molecule has 0 aromatic carbocycles. The number of rotatable bonds is 0. The molecule has 4 saturated carbocycles. The minimum absolute atomic E-state index is 0.176. The number of hydrogen-bond donors (Lipinski definition) is 0. The van der Waals surface area contributed by atoms with Crippen LogP contribution >= 0.6 is 0 Å². The first-order valence-corrected chi connectivity index (χ1v) is 19.2. The van der Waals surface area contributed by atoms with Gasteiger partial charge in [0.1, 0.15) is 0 Å². The van der Waals surface area contributed by atoms with Crippen LogP contribution in [0.1, 0.15) is 156 Å². The standard InChI is InChI=1S/C9H12F6.C9H15F3.C8H13F3.C8H16.C6H14/c1-5-2-6(8(10,11)12)4-7(3-5)9(13,14)15;1-6-4-3-5-8(7(6)2)9(10,11)12;1-5-3-6(2)7(4-5)8(9,10)11;1-6-4-5-7(2)8(6)3;1-5-6(2,3)4/h5-7H,2-4H2,1H3;6-8H,3-5H2,1-2H3;5-7H,3-4H2,1-2H3;6-8H,4-5H2,1-3H3;5H2,1-4H3/t;6?,7-,8?;5-,6?,7?;;/m.10../s1/i;;;;5D2. The fourth-order valence-electron chi connectivity index (χ4n) is 7.81. The molecule has 12 heteroatoms. The fourth-order valence-corrected chi connectivity index (χ4v) is 7.81. The third-order valence-corrected chi connectivity index (χ3v) is 12.2. The Morgan fingerprint density at radius 3 is 1.04 bits per heavy atom. The normalized spacial score (nSPS) is 36.6. The van der Waals surface area contributed by atoms with Gasteiger partial charge in [0.05, 0.1) is 23.7 Å². The van der Waals surface area contributed by atoms with Gasteiger partial charge in [-0.1, -0.05) is 115 Å². The average molecular weight is 781 g/mol. The molecule has 0 aromatic heterocycles. The van der Waals surface area contributed by atoms with Gasteiger partial charge in [0.15, 0.2) is 0 Å². The SMILES string of the molecule is CC1CC(C(F)(F)F)CC(C(F)(F)F)C1.CC1CCC(C)C1C.CC1CCCC(C(F)(F)F)[C@@H]1C.CC1C[C@H](C)CC1C(F)(F)F.[2H]C([2H])(C)C(C)(C)C. The summed E-state index contributed by atoms with van der Waals surface area (Å²) >= 11 is 0. The van der Waals surface area contributed by atoms with Crippen LogP contribution in [0.15, 0.2) is 0 Å².